The van der Waals surface area contributed by atoms with Crippen LogP contribution in [0.25, 0.3) is 0 Å². The fourth-order valence-electron chi connectivity index (χ4n) is 1.26. The standard InChI is InChI=1S/C13H16N2/c1-12-9-7-5-3-4-6-8-10-13(12)15-11-14-2/h3-4,6-9,11H,2,5,10H2,1H3/b4-3-,8-6-,9-7-,13-12+,15-11?. The van der Waals surface area contributed by atoms with E-state index >= 15 is 0 Å². The summed E-state index contributed by atoms with van der Waals surface area (Å²) < 4.78 is 0. The van der Waals surface area contributed by atoms with Gasteiger partial charge in [0.25, 0.3) is 0 Å². The summed E-state index contributed by atoms with van der Waals surface area (Å²) in [6, 6.07) is 0. The van der Waals surface area contributed by atoms with Gasteiger partial charge in [0.15, 0.2) is 0 Å². The minimum absolute atomic E-state index is 0.826. The quantitative estimate of drug-likeness (QED) is 0.482. The van der Waals surface area contributed by atoms with Crippen molar-refractivity contribution < 1.29 is 0 Å². The zero-order valence-electron chi connectivity index (χ0n) is 9.06. The van der Waals surface area contributed by atoms with E-state index in [-0.39, 0.29) is 0 Å². The normalized spacial score (nSPS) is 28.6. The Morgan fingerprint density at radius 3 is 2.87 bits per heavy atom. The maximum atomic E-state index is 4.26. The SMILES string of the molecule is C=NC=N/C1=C(C)/C=C\C/C=C\C=C/C1. The minimum Gasteiger partial charge on any atom is -0.253 e. The van der Waals surface area contributed by atoms with Gasteiger partial charge in [-0.1, -0.05) is 36.5 Å². The third kappa shape index (κ3) is 4.36. The van der Waals surface area contributed by atoms with Crippen LogP contribution >= 0.6 is 0 Å². The molecule has 1 aliphatic rings. The Morgan fingerprint density at radius 1 is 1.27 bits per heavy atom. The molecule has 2 heteroatoms. The van der Waals surface area contributed by atoms with Gasteiger partial charge in [0.1, 0.15) is 6.34 Å². The maximum Gasteiger partial charge on any atom is 0.114 e. The molecular formula is C13H16N2. The highest BCUT2D eigenvalue weighted by molar-refractivity contribution is 5.63. The molecule has 15 heavy (non-hydrogen) atoms. The first-order chi connectivity index (χ1) is 7.34. The summed E-state index contributed by atoms with van der Waals surface area (Å²) in [5.74, 6) is 0. The van der Waals surface area contributed by atoms with Crippen molar-refractivity contribution in [2.45, 2.75) is 19.8 Å². The van der Waals surface area contributed by atoms with Gasteiger partial charge >= 0.3 is 0 Å². The van der Waals surface area contributed by atoms with Crippen LogP contribution in [0.3, 0.4) is 0 Å². The van der Waals surface area contributed by atoms with Crippen molar-refractivity contribution in [2.75, 3.05) is 0 Å². The van der Waals surface area contributed by atoms with Crippen molar-refractivity contribution in [3.05, 3.63) is 47.7 Å². The van der Waals surface area contributed by atoms with E-state index in [1.165, 1.54) is 11.9 Å². The molecule has 0 saturated carbocycles. The number of nitrogens with zero attached hydrogens (tertiary/aromatic N) is 2. The second-order valence-electron chi connectivity index (χ2n) is 3.26. The van der Waals surface area contributed by atoms with Crippen LogP contribution in [-0.2, 0) is 0 Å². The van der Waals surface area contributed by atoms with Crippen LogP contribution in [0.4, 0.5) is 0 Å². The number of aliphatic imine (C=N–C) groups is 2. The third-order valence-corrected chi connectivity index (χ3v) is 2.08. The summed E-state index contributed by atoms with van der Waals surface area (Å²) in [5.41, 5.74) is 2.21. The molecule has 0 atom stereocenters. The van der Waals surface area contributed by atoms with E-state index in [0.29, 0.717) is 0 Å². The van der Waals surface area contributed by atoms with Gasteiger partial charge in [0.05, 0.1) is 0 Å². The zero-order chi connectivity index (χ0) is 10.9. The number of hydrogen-bond acceptors (Lipinski definition) is 1. The zero-order valence-corrected chi connectivity index (χ0v) is 9.06. The monoisotopic (exact) mass is 200 g/mol. The summed E-state index contributed by atoms with van der Waals surface area (Å²) in [6.45, 7) is 5.44. The molecule has 0 aliphatic heterocycles. The van der Waals surface area contributed by atoms with E-state index < -0.39 is 0 Å². The van der Waals surface area contributed by atoms with Gasteiger partial charge in [-0.2, -0.15) is 0 Å². The van der Waals surface area contributed by atoms with Crippen molar-refractivity contribution in [2.24, 2.45) is 9.98 Å². The fraction of sp³-hybridized carbons (Fsp3) is 0.231. The lowest BCUT2D eigenvalue weighted by molar-refractivity contribution is 1.12. The first-order valence-corrected chi connectivity index (χ1v) is 5.01. The topological polar surface area (TPSA) is 24.7 Å². The molecule has 0 saturated heterocycles. The van der Waals surface area contributed by atoms with Crippen LogP contribution in [0.15, 0.2) is 57.7 Å². The van der Waals surface area contributed by atoms with Crippen LogP contribution in [0.2, 0.25) is 0 Å². The molecule has 2 nitrogen and oxygen atoms in total. The average molecular weight is 200 g/mol. The number of hydrogen-bond donors (Lipinski definition) is 0. The van der Waals surface area contributed by atoms with E-state index in [0.717, 1.165) is 18.5 Å². The Morgan fingerprint density at radius 2 is 2.07 bits per heavy atom. The molecule has 0 N–H and O–H groups in total. The summed E-state index contributed by atoms with van der Waals surface area (Å²) in [7, 11) is 0. The fourth-order valence-corrected chi connectivity index (χ4v) is 1.26. The minimum atomic E-state index is 0.826. The Labute approximate surface area is 91.1 Å². The largest absolute Gasteiger partial charge is 0.253 e. The van der Waals surface area contributed by atoms with Crippen LogP contribution < -0.4 is 0 Å². The number of rotatable bonds is 2. The first-order valence-electron chi connectivity index (χ1n) is 5.01. The smallest absolute Gasteiger partial charge is 0.114 e. The molecule has 0 fully saturated rings. The molecule has 0 heterocycles. The van der Waals surface area contributed by atoms with Gasteiger partial charge in [0, 0.05) is 12.1 Å². The van der Waals surface area contributed by atoms with Crippen LogP contribution in [0.5, 0.6) is 0 Å². The van der Waals surface area contributed by atoms with Crippen LogP contribution in [-0.4, -0.2) is 13.1 Å². The molecule has 0 unspecified atom stereocenters. The molecule has 78 valence electrons. The van der Waals surface area contributed by atoms with Crippen molar-refractivity contribution >= 4 is 13.1 Å². The van der Waals surface area contributed by atoms with Gasteiger partial charge in [0.2, 0.25) is 0 Å². The molecule has 0 bridgehead atoms. The lowest BCUT2D eigenvalue weighted by Crippen LogP contribution is -1.84. The van der Waals surface area contributed by atoms with Crippen LogP contribution in [0.1, 0.15) is 19.8 Å². The highest BCUT2D eigenvalue weighted by atomic mass is 14.8. The maximum absolute atomic E-state index is 4.26. The second-order valence-corrected chi connectivity index (χ2v) is 3.26. The van der Waals surface area contributed by atoms with Crippen molar-refractivity contribution in [3.8, 4) is 0 Å². The summed E-state index contributed by atoms with van der Waals surface area (Å²) >= 11 is 0. The molecule has 0 spiro atoms. The Kier molecular flexibility index (Phi) is 5.09. The van der Waals surface area contributed by atoms with Gasteiger partial charge in [-0.25, -0.2) is 4.99 Å². The van der Waals surface area contributed by atoms with Crippen molar-refractivity contribution in [3.63, 3.8) is 0 Å². The molecule has 0 amide bonds. The van der Waals surface area contributed by atoms with Crippen molar-refractivity contribution in [1.29, 1.82) is 0 Å². The molecule has 0 aromatic carbocycles. The van der Waals surface area contributed by atoms with E-state index in [2.05, 4.69) is 54.0 Å². The molecule has 0 aromatic rings. The molecule has 0 radical (unpaired) electrons. The highest BCUT2D eigenvalue weighted by Gasteiger charge is 1.96. The molecule has 1 aliphatic carbocycles. The molecular weight excluding hydrogens is 184 g/mol. The predicted octanol–water partition coefficient (Wildman–Crippen LogP) is 3.45. The average Bonchev–Trinajstić information content (AvgIpc) is 2.26. The van der Waals surface area contributed by atoms with Gasteiger partial charge in [-0.3, -0.25) is 4.99 Å². The van der Waals surface area contributed by atoms with E-state index in [9.17, 15) is 0 Å². The summed E-state index contributed by atoms with van der Waals surface area (Å²) in [5, 5.41) is 0. The van der Waals surface area contributed by atoms with Gasteiger partial charge < -0.3 is 0 Å². The Hall–Kier alpha value is -1.70. The van der Waals surface area contributed by atoms with Crippen LogP contribution in [0, 0.1) is 0 Å². The van der Waals surface area contributed by atoms with Gasteiger partial charge in [-0.15, -0.1) is 0 Å². The first kappa shape index (κ1) is 11.4. The van der Waals surface area contributed by atoms with E-state index in [1.54, 1.807) is 0 Å². The highest BCUT2D eigenvalue weighted by Crippen LogP contribution is 2.13. The predicted molar refractivity (Wildman–Crippen MR) is 67.4 cm³/mol. The van der Waals surface area contributed by atoms with Crippen molar-refractivity contribution in [1.82, 2.24) is 0 Å². The summed E-state index contributed by atoms with van der Waals surface area (Å²) in [6.07, 6.45) is 15.8. The second kappa shape index (κ2) is 6.71. The molecule has 0 aromatic heterocycles. The van der Waals surface area contributed by atoms with Gasteiger partial charge in [-0.05, 0) is 25.6 Å². The Balaban J connectivity index is 2.89. The summed E-state index contributed by atoms with van der Waals surface area (Å²) in [4.78, 5) is 7.88. The third-order valence-electron chi connectivity index (χ3n) is 2.08. The molecule has 1 rings (SSSR count). The number of allylic oxidation sites excluding steroid dienone is 7. The van der Waals surface area contributed by atoms with E-state index in [4.69, 9.17) is 0 Å². The van der Waals surface area contributed by atoms with E-state index in [1.807, 2.05) is 6.08 Å². The lowest BCUT2D eigenvalue weighted by Gasteiger charge is -2.01. The Bertz CT molecular complexity index is 355. The lowest BCUT2D eigenvalue weighted by atomic mass is 10.1.